The highest BCUT2D eigenvalue weighted by Crippen LogP contribution is 2.33. The molecule has 2 atom stereocenters. The summed E-state index contributed by atoms with van der Waals surface area (Å²) >= 11 is 0. The van der Waals surface area contributed by atoms with Gasteiger partial charge in [0.1, 0.15) is 29.9 Å². The van der Waals surface area contributed by atoms with Crippen LogP contribution in [0.1, 0.15) is 38.9 Å². The first-order valence-corrected chi connectivity index (χ1v) is 15.0. The smallest absolute Gasteiger partial charge is 0.409 e. The average molecular weight is 672 g/mol. The van der Waals surface area contributed by atoms with Gasteiger partial charge >= 0.3 is 12.1 Å². The fourth-order valence-corrected chi connectivity index (χ4v) is 5.91. The summed E-state index contributed by atoms with van der Waals surface area (Å²) in [6, 6.07) is 16.2. The number of fused-ring (bicyclic) bond motifs is 1. The zero-order valence-corrected chi connectivity index (χ0v) is 26.2. The fourth-order valence-electron chi connectivity index (χ4n) is 5.91. The number of carbonyl (C=O) groups is 2. The Morgan fingerprint density at radius 3 is 2.47 bits per heavy atom. The normalized spacial score (nSPS) is 15.7. The number of hydrogen-bond donors (Lipinski definition) is 1. The molecule has 0 bridgehead atoms. The predicted octanol–water partition coefficient (Wildman–Crippen LogP) is 5.89. The molecule has 1 N–H and O–H groups in total. The molecule has 0 unspecified atom stereocenters. The van der Waals surface area contributed by atoms with E-state index < -0.39 is 41.7 Å². The molecular formula is C35H28F3N5O6. The minimum atomic E-state index is -1.16. The molecule has 5 aromatic rings. The van der Waals surface area contributed by atoms with Crippen LogP contribution in [0.2, 0.25) is 0 Å². The number of amides is 1. The number of carboxylic acids is 1. The van der Waals surface area contributed by atoms with Gasteiger partial charge in [-0.2, -0.15) is 5.26 Å². The number of benzene rings is 3. The molecule has 6 rings (SSSR count). The third-order valence-electron chi connectivity index (χ3n) is 8.36. The van der Waals surface area contributed by atoms with E-state index in [1.165, 1.54) is 67.7 Å². The number of carboxylic acid groups (broad SMARTS) is 1. The molecule has 2 aromatic heterocycles. The van der Waals surface area contributed by atoms with E-state index in [0.29, 0.717) is 16.9 Å². The van der Waals surface area contributed by atoms with E-state index in [4.69, 9.17) is 19.5 Å². The lowest BCUT2D eigenvalue weighted by Crippen LogP contribution is -2.29. The predicted molar refractivity (Wildman–Crippen MR) is 168 cm³/mol. The minimum Gasteiger partial charge on any atom is -0.478 e. The first-order chi connectivity index (χ1) is 23.6. The maximum Gasteiger partial charge on any atom is 0.409 e. The summed E-state index contributed by atoms with van der Waals surface area (Å²) in [5.74, 6) is -2.96. The highest BCUT2D eigenvalue weighted by molar-refractivity contribution is 5.92. The third-order valence-corrected chi connectivity index (χ3v) is 8.36. The number of aromatic nitrogens is 3. The van der Waals surface area contributed by atoms with Crippen LogP contribution in [0.25, 0.3) is 22.3 Å². The summed E-state index contributed by atoms with van der Waals surface area (Å²) in [6.07, 6.45) is -1.30. The SMILES string of the molecule is COC(=O)N1C[C@@H](OC)[C@@H](n2c(Cc3cc(F)c(-c4cccc(OCc5ccc(C#N)cc5F)n4)cc3F)nc3ccc(C(=O)O)cc32)C1. The lowest BCUT2D eigenvalue weighted by atomic mass is 10.0. The zero-order valence-electron chi connectivity index (χ0n) is 26.2. The van der Waals surface area contributed by atoms with Crippen molar-refractivity contribution >= 4 is 23.1 Å². The number of halogens is 3. The van der Waals surface area contributed by atoms with E-state index in [9.17, 15) is 19.1 Å². The summed E-state index contributed by atoms with van der Waals surface area (Å²) in [6.45, 7) is 0.112. The number of ether oxygens (including phenoxy) is 3. The van der Waals surface area contributed by atoms with Gasteiger partial charge in [0.25, 0.3) is 0 Å². The van der Waals surface area contributed by atoms with E-state index >= 15 is 8.78 Å². The standard InChI is InChI=1S/C35H28F3N5O6/c1-47-31-17-42(35(46)48-2)16-30(31)43-29-12-20(34(44)45)8-9-28(29)40-32(43)13-22-11-26(38)23(14-25(22)37)27-4-3-5-33(41-27)49-18-21-7-6-19(15-39)10-24(21)36/h3-12,14,30-31H,13,16-18H2,1-2H3,(H,44,45)/t30-,31+/m0/s1. The van der Waals surface area contributed by atoms with Gasteiger partial charge in [-0.1, -0.05) is 12.1 Å². The van der Waals surface area contributed by atoms with Crippen LogP contribution in [0.5, 0.6) is 5.88 Å². The van der Waals surface area contributed by atoms with E-state index in [1.54, 1.807) is 4.57 Å². The van der Waals surface area contributed by atoms with Gasteiger partial charge in [-0.05, 0) is 54.1 Å². The van der Waals surface area contributed by atoms with Crippen LogP contribution < -0.4 is 4.74 Å². The van der Waals surface area contributed by atoms with Crippen molar-refractivity contribution in [2.24, 2.45) is 0 Å². The van der Waals surface area contributed by atoms with Crippen LogP contribution in [-0.2, 0) is 22.5 Å². The lowest BCUT2D eigenvalue weighted by Gasteiger charge is -2.22. The van der Waals surface area contributed by atoms with Crippen molar-refractivity contribution in [1.82, 2.24) is 19.4 Å². The number of nitriles is 1. The number of aromatic carboxylic acids is 1. The molecule has 14 heteroatoms. The topological polar surface area (TPSA) is 140 Å². The molecule has 0 spiro atoms. The summed E-state index contributed by atoms with van der Waals surface area (Å²) < 4.78 is 63.6. The van der Waals surface area contributed by atoms with Crippen LogP contribution >= 0.6 is 0 Å². The number of rotatable bonds is 9. The number of likely N-dealkylation sites (tertiary alicyclic amines) is 1. The first kappa shape index (κ1) is 33.0. The summed E-state index contributed by atoms with van der Waals surface area (Å²) in [5, 5.41) is 18.6. The molecule has 0 radical (unpaired) electrons. The molecule has 1 amide bonds. The largest absolute Gasteiger partial charge is 0.478 e. The van der Waals surface area contributed by atoms with Gasteiger partial charge in [0, 0.05) is 37.3 Å². The second-order valence-corrected chi connectivity index (χ2v) is 11.3. The Labute approximate surface area is 277 Å². The summed E-state index contributed by atoms with van der Waals surface area (Å²) in [7, 11) is 2.74. The van der Waals surface area contributed by atoms with Gasteiger partial charge in [0.15, 0.2) is 0 Å². The monoisotopic (exact) mass is 671 g/mol. The summed E-state index contributed by atoms with van der Waals surface area (Å²) in [4.78, 5) is 34.6. The Morgan fingerprint density at radius 1 is 0.959 bits per heavy atom. The third kappa shape index (κ3) is 6.61. The van der Waals surface area contributed by atoms with Crippen LogP contribution in [0.15, 0.2) is 66.7 Å². The molecule has 250 valence electrons. The second-order valence-electron chi connectivity index (χ2n) is 11.3. The quantitative estimate of drug-likeness (QED) is 0.203. The Balaban J connectivity index is 1.31. The van der Waals surface area contributed by atoms with E-state index in [-0.39, 0.29) is 65.5 Å². The molecule has 1 aliphatic heterocycles. The molecule has 49 heavy (non-hydrogen) atoms. The number of imidazole rings is 1. The summed E-state index contributed by atoms with van der Waals surface area (Å²) in [5.41, 5.74) is 1.10. The molecule has 1 aliphatic rings. The van der Waals surface area contributed by atoms with Crippen molar-refractivity contribution in [2.75, 3.05) is 27.3 Å². The second kappa shape index (κ2) is 13.7. The zero-order chi connectivity index (χ0) is 34.8. The van der Waals surface area contributed by atoms with Crippen molar-refractivity contribution in [1.29, 1.82) is 5.26 Å². The Bertz CT molecular complexity index is 2130. The van der Waals surface area contributed by atoms with Gasteiger partial charge in [0.2, 0.25) is 5.88 Å². The van der Waals surface area contributed by atoms with Gasteiger partial charge < -0.3 is 28.8 Å². The number of carbonyl (C=O) groups excluding carboxylic acids is 1. The minimum absolute atomic E-state index is 0.000635. The highest BCUT2D eigenvalue weighted by atomic mass is 19.1. The fraction of sp³-hybridized carbons (Fsp3) is 0.229. The van der Waals surface area contributed by atoms with Crippen LogP contribution in [-0.4, -0.2) is 70.0 Å². The Kier molecular flexibility index (Phi) is 9.19. The van der Waals surface area contributed by atoms with Crippen LogP contribution in [0, 0.1) is 28.8 Å². The van der Waals surface area contributed by atoms with Crippen molar-refractivity contribution in [2.45, 2.75) is 25.2 Å². The first-order valence-electron chi connectivity index (χ1n) is 15.0. The van der Waals surface area contributed by atoms with Gasteiger partial charge in [-0.25, -0.2) is 32.7 Å². The van der Waals surface area contributed by atoms with Crippen molar-refractivity contribution in [3.63, 3.8) is 0 Å². The Hall–Kier alpha value is -5.94. The van der Waals surface area contributed by atoms with Crippen LogP contribution in [0.3, 0.4) is 0 Å². The Morgan fingerprint density at radius 2 is 1.76 bits per heavy atom. The maximum atomic E-state index is 15.8. The van der Waals surface area contributed by atoms with Crippen molar-refractivity contribution in [3.8, 4) is 23.2 Å². The van der Waals surface area contributed by atoms with Crippen LogP contribution in [0.4, 0.5) is 18.0 Å². The van der Waals surface area contributed by atoms with Gasteiger partial charge in [-0.15, -0.1) is 0 Å². The van der Waals surface area contributed by atoms with E-state index in [1.807, 2.05) is 6.07 Å². The molecule has 0 saturated carbocycles. The van der Waals surface area contributed by atoms with E-state index in [2.05, 4.69) is 9.97 Å². The number of pyridine rings is 1. The number of hydrogen-bond acceptors (Lipinski definition) is 8. The van der Waals surface area contributed by atoms with Crippen molar-refractivity contribution < 1.29 is 42.1 Å². The lowest BCUT2D eigenvalue weighted by molar-refractivity contribution is 0.0696. The highest BCUT2D eigenvalue weighted by Gasteiger charge is 2.39. The molecule has 0 aliphatic carbocycles. The maximum absolute atomic E-state index is 15.8. The number of methoxy groups -OCH3 is 2. The number of nitrogens with zero attached hydrogens (tertiary/aromatic N) is 5. The van der Waals surface area contributed by atoms with Gasteiger partial charge in [0.05, 0.1) is 59.7 Å². The average Bonchev–Trinajstić information content (AvgIpc) is 3.69. The molecule has 3 heterocycles. The molecular weight excluding hydrogens is 643 g/mol. The molecule has 1 saturated heterocycles. The van der Waals surface area contributed by atoms with E-state index in [0.717, 1.165) is 18.2 Å². The van der Waals surface area contributed by atoms with Crippen molar-refractivity contribution in [3.05, 3.63) is 112 Å². The van der Waals surface area contributed by atoms with Gasteiger partial charge in [-0.3, -0.25) is 0 Å². The molecule has 11 nitrogen and oxygen atoms in total. The molecule has 1 fully saturated rings. The molecule has 3 aromatic carbocycles.